The number of carboxylic acids is 1. The molecule has 0 bridgehead atoms. The number of carbonyl (C=O) groups excluding carboxylic acids is 1. The Morgan fingerprint density at radius 2 is 1.88 bits per heavy atom. The smallest absolute Gasteiger partial charge is 0.341 e. The van der Waals surface area contributed by atoms with Gasteiger partial charge >= 0.3 is 5.97 Å². The van der Waals surface area contributed by atoms with Gasteiger partial charge in [-0.25, -0.2) is 4.79 Å². The molecule has 0 saturated heterocycles. The Balaban J connectivity index is 2.12. The molecule has 0 aliphatic carbocycles. The molecule has 0 heterocycles. The maximum absolute atomic E-state index is 12.2. The molecule has 132 valence electrons. The highest BCUT2D eigenvalue weighted by molar-refractivity contribution is 6.36. The van der Waals surface area contributed by atoms with Crippen LogP contribution in [-0.4, -0.2) is 23.6 Å². The SMILES string of the molecule is N#C/C(=C/c1ccc(OCC(=O)O)cc1)C(=O)Nc1ccc(Cl)cc1Cl. The minimum atomic E-state index is -1.08. The van der Waals surface area contributed by atoms with Crippen molar-refractivity contribution >= 4 is 46.8 Å². The van der Waals surface area contributed by atoms with Crippen molar-refractivity contribution in [3.63, 3.8) is 0 Å². The van der Waals surface area contributed by atoms with Gasteiger partial charge in [0.05, 0.1) is 10.7 Å². The van der Waals surface area contributed by atoms with E-state index in [2.05, 4.69) is 5.32 Å². The number of rotatable bonds is 6. The molecule has 0 radical (unpaired) electrons. The summed E-state index contributed by atoms with van der Waals surface area (Å²) < 4.78 is 5.01. The molecule has 0 atom stereocenters. The molecule has 8 heteroatoms. The Bertz CT molecular complexity index is 902. The first-order valence-electron chi connectivity index (χ1n) is 7.22. The molecule has 26 heavy (non-hydrogen) atoms. The number of aliphatic carboxylic acids is 1. The number of anilines is 1. The molecule has 0 aliphatic rings. The van der Waals surface area contributed by atoms with Crippen LogP contribution in [0.4, 0.5) is 5.69 Å². The number of ether oxygens (including phenoxy) is 1. The highest BCUT2D eigenvalue weighted by Gasteiger charge is 2.12. The summed E-state index contributed by atoms with van der Waals surface area (Å²) in [5.74, 6) is -1.35. The second kappa shape index (κ2) is 8.90. The van der Waals surface area contributed by atoms with Crippen molar-refractivity contribution in [2.75, 3.05) is 11.9 Å². The minimum absolute atomic E-state index is 0.129. The molecule has 0 saturated carbocycles. The van der Waals surface area contributed by atoms with E-state index in [-0.39, 0.29) is 10.6 Å². The summed E-state index contributed by atoms with van der Waals surface area (Å²) in [6.07, 6.45) is 1.39. The van der Waals surface area contributed by atoms with Crippen molar-refractivity contribution in [3.8, 4) is 11.8 Å². The van der Waals surface area contributed by atoms with Crippen LogP contribution in [0.2, 0.25) is 10.0 Å². The summed E-state index contributed by atoms with van der Waals surface area (Å²) in [5, 5.41) is 21.0. The van der Waals surface area contributed by atoms with E-state index in [1.165, 1.54) is 30.3 Å². The van der Waals surface area contributed by atoms with E-state index in [0.717, 1.165) is 0 Å². The van der Waals surface area contributed by atoms with E-state index in [4.69, 9.17) is 33.0 Å². The van der Waals surface area contributed by atoms with Gasteiger partial charge in [0.15, 0.2) is 6.61 Å². The first kappa shape index (κ1) is 19.3. The summed E-state index contributed by atoms with van der Waals surface area (Å²) in [5.41, 5.74) is 0.774. The van der Waals surface area contributed by atoms with Crippen LogP contribution in [0.1, 0.15) is 5.56 Å². The summed E-state index contributed by atoms with van der Waals surface area (Å²) in [7, 11) is 0. The van der Waals surface area contributed by atoms with Gasteiger partial charge in [0, 0.05) is 5.02 Å². The third kappa shape index (κ3) is 5.52. The van der Waals surface area contributed by atoms with Crippen LogP contribution in [0.15, 0.2) is 48.0 Å². The van der Waals surface area contributed by atoms with Gasteiger partial charge in [-0.05, 0) is 42.0 Å². The number of nitrogens with one attached hydrogen (secondary N) is 1. The van der Waals surface area contributed by atoms with Crippen molar-refractivity contribution in [1.82, 2.24) is 0 Å². The number of hydrogen-bond donors (Lipinski definition) is 2. The fraction of sp³-hybridized carbons (Fsp3) is 0.0556. The molecule has 0 aliphatic heterocycles. The average Bonchev–Trinajstić information content (AvgIpc) is 2.61. The van der Waals surface area contributed by atoms with Crippen LogP contribution >= 0.6 is 23.2 Å². The van der Waals surface area contributed by atoms with Crippen LogP contribution in [0.5, 0.6) is 5.75 Å². The molecular formula is C18H12Cl2N2O4. The Kier molecular flexibility index (Phi) is 6.61. The predicted molar refractivity (Wildman–Crippen MR) is 98.3 cm³/mol. The topological polar surface area (TPSA) is 99.4 Å². The van der Waals surface area contributed by atoms with Gasteiger partial charge in [-0.15, -0.1) is 0 Å². The monoisotopic (exact) mass is 390 g/mol. The quantitative estimate of drug-likeness (QED) is 0.573. The van der Waals surface area contributed by atoms with E-state index in [1.807, 2.05) is 6.07 Å². The maximum Gasteiger partial charge on any atom is 0.341 e. The highest BCUT2D eigenvalue weighted by atomic mass is 35.5. The third-order valence-electron chi connectivity index (χ3n) is 3.10. The van der Waals surface area contributed by atoms with Crippen LogP contribution in [-0.2, 0) is 9.59 Å². The van der Waals surface area contributed by atoms with E-state index in [1.54, 1.807) is 18.2 Å². The van der Waals surface area contributed by atoms with Crippen LogP contribution in [0.25, 0.3) is 6.08 Å². The Labute approximate surface area is 159 Å². The molecular weight excluding hydrogens is 379 g/mol. The van der Waals surface area contributed by atoms with Gasteiger partial charge in [0.2, 0.25) is 0 Å². The zero-order valence-electron chi connectivity index (χ0n) is 13.2. The Morgan fingerprint density at radius 1 is 1.19 bits per heavy atom. The van der Waals surface area contributed by atoms with E-state index in [0.29, 0.717) is 22.0 Å². The molecule has 0 unspecified atom stereocenters. The van der Waals surface area contributed by atoms with Crippen molar-refractivity contribution < 1.29 is 19.4 Å². The number of halogens is 2. The summed E-state index contributed by atoms with van der Waals surface area (Å²) >= 11 is 11.8. The van der Waals surface area contributed by atoms with E-state index < -0.39 is 18.5 Å². The number of amides is 1. The fourth-order valence-electron chi connectivity index (χ4n) is 1.90. The minimum Gasteiger partial charge on any atom is -0.482 e. The first-order valence-corrected chi connectivity index (χ1v) is 7.97. The summed E-state index contributed by atoms with van der Waals surface area (Å²) in [4.78, 5) is 22.7. The average molecular weight is 391 g/mol. The first-order chi connectivity index (χ1) is 12.4. The zero-order chi connectivity index (χ0) is 19.1. The van der Waals surface area contributed by atoms with E-state index in [9.17, 15) is 14.9 Å². The van der Waals surface area contributed by atoms with Gasteiger partial charge < -0.3 is 15.2 Å². The van der Waals surface area contributed by atoms with Gasteiger partial charge in [0.25, 0.3) is 5.91 Å². The van der Waals surface area contributed by atoms with Crippen molar-refractivity contribution in [3.05, 3.63) is 63.6 Å². The molecule has 0 aromatic heterocycles. The normalized spacial score (nSPS) is 10.7. The van der Waals surface area contributed by atoms with Gasteiger partial charge in [0.1, 0.15) is 17.4 Å². The van der Waals surface area contributed by atoms with Gasteiger partial charge in [-0.3, -0.25) is 4.79 Å². The number of nitriles is 1. The van der Waals surface area contributed by atoms with Crippen molar-refractivity contribution in [2.24, 2.45) is 0 Å². The molecule has 0 spiro atoms. The number of nitrogens with zero attached hydrogens (tertiary/aromatic N) is 1. The molecule has 2 rings (SSSR count). The largest absolute Gasteiger partial charge is 0.482 e. The van der Waals surface area contributed by atoms with Gasteiger partial charge in [-0.1, -0.05) is 35.3 Å². The highest BCUT2D eigenvalue weighted by Crippen LogP contribution is 2.26. The van der Waals surface area contributed by atoms with E-state index >= 15 is 0 Å². The second-order valence-corrected chi connectivity index (χ2v) is 5.84. The zero-order valence-corrected chi connectivity index (χ0v) is 14.7. The lowest BCUT2D eigenvalue weighted by Gasteiger charge is -2.07. The molecule has 1 amide bonds. The molecule has 2 N–H and O–H groups in total. The van der Waals surface area contributed by atoms with Gasteiger partial charge in [-0.2, -0.15) is 5.26 Å². The molecule has 6 nitrogen and oxygen atoms in total. The Hall–Kier alpha value is -3.01. The van der Waals surface area contributed by atoms with Crippen LogP contribution < -0.4 is 10.1 Å². The lowest BCUT2D eigenvalue weighted by atomic mass is 10.1. The third-order valence-corrected chi connectivity index (χ3v) is 3.65. The predicted octanol–water partition coefficient (Wildman–Crippen LogP) is 4.00. The van der Waals surface area contributed by atoms with Crippen molar-refractivity contribution in [1.29, 1.82) is 5.26 Å². The number of carbonyl (C=O) groups is 2. The lowest BCUT2D eigenvalue weighted by Crippen LogP contribution is -2.13. The van der Waals surface area contributed by atoms with Crippen LogP contribution in [0.3, 0.4) is 0 Å². The standard InChI is InChI=1S/C18H12Cl2N2O4/c19-13-3-6-16(15(20)8-13)22-18(25)12(9-21)7-11-1-4-14(5-2-11)26-10-17(23)24/h1-8H,10H2,(H,22,25)(H,23,24)/b12-7-. The molecule has 0 fully saturated rings. The summed E-state index contributed by atoms with van der Waals surface area (Å²) in [6, 6.07) is 12.7. The molecule has 2 aromatic carbocycles. The fourth-order valence-corrected chi connectivity index (χ4v) is 2.36. The van der Waals surface area contributed by atoms with Crippen LogP contribution in [0, 0.1) is 11.3 Å². The number of benzene rings is 2. The molecule has 2 aromatic rings. The van der Waals surface area contributed by atoms with Crippen molar-refractivity contribution in [2.45, 2.75) is 0 Å². The lowest BCUT2D eigenvalue weighted by molar-refractivity contribution is -0.139. The number of carboxylic acid groups (broad SMARTS) is 1. The second-order valence-electron chi connectivity index (χ2n) is 5.00. The number of hydrogen-bond acceptors (Lipinski definition) is 4. The Morgan fingerprint density at radius 3 is 2.46 bits per heavy atom. The summed E-state index contributed by atoms with van der Waals surface area (Å²) in [6.45, 7) is -0.455. The maximum atomic E-state index is 12.2.